The van der Waals surface area contributed by atoms with Crippen molar-refractivity contribution in [3.8, 4) is 5.75 Å². The monoisotopic (exact) mass is 289 g/mol. The van der Waals surface area contributed by atoms with Gasteiger partial charge in [0.05, 0.1) is 6.61 Å². The molecular formula is C17H27N3O. The summed E-state index contributed by atoms with van der Waals surface area (Å²) >= 11 is 0. The minimum absolute atomic E-state index is 0.702. The molecule has 0 aromatic heterocycles. The van der Waals surface area contributed by atoms with Gasteiger partial charge < -0.3 is 10.5 Å². The molecule has 21 heavy (non-hydrogen) atoms. The zero-order valence-electron chi connectivity index (χ0n) is 13.1. The highest BCUT2D eigenvalue weighted by molar-refractivity contribution is 5.47. The van der Waals surface area contributed by atoms with Crippen molar-refractivity contribution < 1.29 is 4.74 Å². The average molecular weight is 289 g/mol. The highest BCUT2D eigenvalue weighted by Gasteiger charge is 2.29. The fourth-order valence-corrected chi connectivity index (χ4v) is 3.62. The lowest BCUT2D eigenvalue weighted by Gasteiger charge is -2.44. The second-order valence-electron chi connectivity index (χ2n) is 6.22. The van der Waals surface area contributed by atoms with Crippen molar-refractivity contribution in [1.82, 2.24) is 9.80 Å². The van der Waals surface area contributed by atoms with Crippen LogP contribution >= 0.6 is 0 Å². The minimum atomic E-state index is 0.702. The molecule has 2 saturated heterocycles. The summed E-state index contributed by atoms with van der Waals surface area (Å²) in [5.41, 5.74) is 8.00. The number of hydrogen-bond donors (Lipinski definition) is 1. The predicted octanol–water partition coefficient (Wildman–Crippen LogP) is 2.34. The lowest BCUT2D eigenvalue weighted by Crippen LogP contribution is -2.54. The summed E-state index contributed by atoms with van der Waals surface area (Å²) in [6.07, 6.45) is 4.11. The summed E-state index contributed by atoms with van der Waals surface area (Å²) in [5, 5.41) is 0. The van der Waals surface area contributed by atoms with Gasteiger partial charge in [0.2, 0.25) is 0 Å². The van der Waals surface area contributed by atoms with Crippen LogP contribution in [0.5, 0.6) is 5.75 Å². The number of nitrogen functional groups attached to an aromatic ring is 1. The summed E-state index contributed by atoms with van der Waals surface area (Å²) < 4.78 is 5.75. The molecule has 4 nitrogen and oxygen atoms in total. The first kappa shape index (κ1) is 14.7. The molecule has 4 heteroatoms. The van der Waals surface area contributed by atoms with E-state index in [0.717, 1.165) is 30.6 Å². The van der Waals surface area contributed by atoms with Gasteiger partial charge in [0, 0.05) is 43.5 Å². The van der Waals surface area contributed by atoms with Crippen LogP contribution in [0.1, 0.15) is 31.7 Å². The Labute approximate surface area is 127 Å². The SMILES string of the molecule is CCOc1ccc(N)cc1CN1CCN2CCCCC2C1. The largest absolute Gasteiger partial charge is 0.494 e. The van der Waals surface area contributed by atoms with Crippen molar-refractivity contribution in [2.24, 2.45) is 0 Å². The third kappa shape index (κ3) is 3.50. The first-order valence-corrected chi connectivity index (χ1v) is 8.24. The van der Waals surface area contributed by atoms with Crippen LogP contribution in [0.25, 0.3) is 0 Å². The number of benzene rings is 1. The first-order valence-electron chi connectivity index (χ1n) is 8.24. The minimum Gasteiger partial charge on any atom is -0.494 e. The standard InChI is InChI=1S/C17H27N3O/c1-2-21-17-7-6-15(18)11-14(17)12-19-9-10-20-8-4-3-5-16(20)13-19/h6-7,11,16H,2-5,8-10,12-13,18H2,1H3. The van der Waals surface area contributed by atoms with E-state index in [1.807, 2.05) is 19.1 Å². The molecule has 2 N–H and O–H groups in total. The van der Waals surface area contributed by atoms with Crippen molar-refractivity contribution in [2.45, 2.75) is 38.8 Å². The first-order chi connectivity index (χ1) is 10.3. The molecule has 1 unspecified atom stereocenters. The lowest BCUT2D eigenvalue weighted by molar-refractivity contribution is 0.0453. The number of rotatable bonds is 4. The number of anilines is 1. The van der Waals surface area contributed by atoms with E-state index in [0.29, 0.717) is 6.61 Å². The van der Waals surface area contributed by atoms with Crippen molar-refractivity contribution in [2.75, 3.05) is 38.5 Å². The Balaban J connectivity index is 1.67. The molecule has 0 bridgehead atoms. The van der Waals surface area contributed by atoms with Crippen LogP contribution in [0.2, 0.25) is 0 Å². The summed E-state index contributed by atoms with van der Waals surface area (Å²) in [6.45, 7) is 8.51. The van der Waals surface area contributed by atoms with E-state index in [9.17, 15) is 0 Å². The summed E-state index contributed by atoms with van der Waals surface area (Å²) in [7, 11) is 0. The third-order valence-corrected chi connectivity index (χ3v) is 4.70. The zero-order valence-corrected chi connectivity index (χ0v) is 13.1. The number of fused-ring (bicyclic) bond motifs is 1. The maximum Gasteiger partial charge on any atom is 0.123 e. The van der Waals surface area contributed by atoms with Crippen molar-refractivity contribution in [3.05, 3.63) is 23.8 Å². The lowest BCUT2D eigenvalue weighted by atomic mass is 9.99. The topological polar surface area (TPSA) is 41.7 Å². The summed E-state index contributed by atoms with van der Waals surface area (Å²) in [5.74, 6) is 0.984. The number of hydrogen-bond acceptors (Lipinski definition) is 4. The van der Waals surface area contributed by atoms with Gasteiger partial charge in [0.1, 0.15) is 5.75 Å². The van der Waals surface area contributed by atoms with Crippen LogP contribution in [0.4, 0.5) is 5.69 Å². The number of nitrogens with zero attached hydrogens (tertiary/aromatic N) is 2. The average Bonchev–Trinajstić information content (AvgIpc) is 2.50. The van der Waals surface area contributed by atoms with Crippen LogP contribution in [0.3, 0.4) is 0 Å². The van der Waals surface area contributed by atoms with Crippen molar-refractivity contribution in [1.29, 1.82) is 0 Å². The molecule has 116 valence electrons. The van der Waals surface area contributed by atoms with Gasteiger partial charge >= 0.3 is 0 Å². The van der Waals surface area contributed by atoms with E-state index >= 15 is 0 Å². The third-order valence-electron chi connectivity index (χ3n) is 4.70. The van der Waals surface area contributed by atoms with E-state index < -0.39 is 0 Å². The zero-order chi connectivity index (χ0) is 14.7. The molecule has 0 amide bonds. The fourth-order valence-electron chi connectivity index (χ4n) is 3.62. The van der Waals surface area contributed by atoms with Gasteiger partial charge in [0.15, 0.2) is 0 Å². The van der Waals surface area contributed by atoms with Gasteiger partial charge in [-0.15, -0.1) is 0 Å². The van der Waals surface area contributed by atoms with Crippen LogP contribution in [-0.2, 0) is 6.54 Å². The van der Waals surface area contributed by atoms with Gasteiger partial charge in [-0.2, -0.15) is 0 Å². The van der Waals surface area contributed by atoms with Crippen LogP contribution in [0.15, 0.2) is 18.2 Å². The quantitative estimate of drug-likeness (QED) is 0.864. The summed E-state index contributed by atoms with van der Waals surface area (Å²) in [4.78, 5) is 5.23. The van der Waals surface area contributed by atoms with E-state index in [-0.39, 0.29) is 0 Å². The van der Waals surface area contributed by atoms with E-state index in [4.69, 9.17) is 10.5 Å². The van der Waals surface area contributed by atoms with Gasteiger partial charge in [-0.05, 0) is 44.5 Å². The summed E-state index contributed by atoms with van der Waals surface area (Å²) in [6, 6.07) is 6.75. The van der Waals surface area contributed by atoms with Crippen molar-refractivity contribution in [3.63, 3.8) is 0 Å². The number of piperazine rings is 1. The Morgan fingerprint density at radius 1 is 1.24 bits per heavy atom. The molecular weight excluding hydrogens is 262 g/mol. The van der Waals surface area contributed by atoms with Crippen LogP contribution < -0.4 is 10.5 Å². The highest BCUT2D eigenvalue weighted by Crippen LogP contribution is 2.26. The Kier molecular flexibility index (Phi) is 4.66. The molecule has 2 aliphatic rings. The van der Waals surface area contributed by atoms with Gasteiger partial charge in [-0.25, -0.2) is 0 Å². The molecule has 0 spiro atoms. The predicted molar refractivity (Wildman–Crippen MR) is 86.5 cm³/mol. The molecule has 2 heterocycles. The molecule has 1 aromatic rings. The van der Waals surface area contributed by atoms with Gasteiger partial charge in [-0.1, -0.05) is 6.42 Å². The highest BCUT2D eigenvalue weighted by atomic mass is 16.5. The van der Waals surface area contributed by atoms with Crippen molar-refractivity contribution >= 4 is 5.69 Å². The Bertz CT molecular complexity index is 477. The fraction of sp³-hybridized carbons (Fsp3) is 0.647. The molecule has 2 fully saturated rings. The second-order valence-corrected chi connectivity index (χ2v) is 6.22. The van der Waals surface area contributed by atoms with Crippen LogP contribution in [-0.4, -0.2) is 48.6 Å². The number of ether oxygens (including phenoxy) is 1. The normalized spacial score (nSPS) is 23.8. The Morgan fingerprint density at radius 2 is 2.14 bits per heavy atom. The number of nitrogens with two attached hydrogens (primary N) is 1. The maximum absolute atomic E-state index is 5.95. The molecule has 2 aliphatic heterocycles. The molecule has 3 rings (SSSR count). The van der Waals surface area contributed by atoms with Gasteiger partial charge in [-0.3, -0.25) is 9.80 Å². The molecule has 1 aromatic carbocycles. The number of piperidine rings is 1. The Hall–Kier alpha value is -1.26. The molecule has 0 aliphatic carbocycles. The molecule has 1 atom stereocenters. The van der Waals surface area contributed by atoms with Crippen LogP contribution in [0, 0.1) is 0 Å². The second kappa shape index (κ2) is 6.67. The van der Waals surface area contributed by atoms with E-state index in [1.165, 1.54) is 44.5 Å². The van der Waals surface area contributed by atoms with Gasteiger partial charge in [0.25, 0.3) is 0 Å². The van der Waals surface area contributed by atoms with E-state index in [2.05, 4.69) is 15.9 Å². The Morgan fingerprint density at radius 3 is 3.00 bits per heavy atom. The van der Waals surface area contributed by atoms with E-state index in [1.54, 1.807) is 0 Å². The molecule has 0 radical (unpaired) electrons. The maximum atomic E-state index is 5.95. The smallest absolute Gasteiger partial charge is 0.123 e. The molecule has 0 saturated carbocycles.